The average Bonchev–Trinajstić information content (AvgIpc) is 3.03. The van der Waals surface area contributed by atoms with Crippen LogP contribution in [0, 0.1) is 0 Å². The van der Waals surface area contributed by atoms with Crippen molar-refractivity contribution in [1.82, 2.24) is 5.32 Å². The Balaban J connectivity index is 1.54. The van der Waals surface area contributed by atoms with Crippen LogP contribution in [0.3, 0.4) is 0 Å². The number of hydrogen-bond acceptors (Lipinski definition) is 4. The van der Waals surface area contributed by atoms with E-state index in [9.17, 15) is 19.1 Å². The van der Waals surface area contributed by atoms with Crippen LogP contribution in [-0.4, -0.2) is 21.8 Å². The van der Waals surface area contributed by atoms with Crippen molar-refractivity contribution in [3.05, 3.63) is 168 Å². The van der Waals surface area contributed by atoms with E-state index in [1.54, 1.807) is 60.7 Å². The normalized spacial score (nSPS) is 12.4. The van der Waals surface area contributed by atoms with Crippen molar-refractivity contribution in [2.24, 2.45) is 0 Å². The molecule has 0 aliphatic carbocycles. The smallest absolute Gasteiger partial charge is 0.354 e. The highest BCUT2D eigenvalue weighted by molar-refractivity contribution is 7.53. The molecule has 0 heterocycles. The molecule has 0 aromatic heterocycles. The first-order valence-electron chi connectivity index (χ1n) is 13.7. The van der Waals surface area contributed by atoms with Crippen molar-refractivity contribution in [3.8, 4) is 11.1 Å². The van der Waals surface area contributed by atoms with Gasteiger partial charge in [0.05, 0.1) is 0 Å². The van der Waals surface area contributed by atoms with E-state index in [1.165, 1.54) is 0 Å². The number of carbonyl (C=O) groups is 1. The van der Waals surface area contributed by atoms with E-state index < -0.39 is 24.9 Å². The van der Waals surface area contributed by atoms with Crippen molar-refractivity contribution < 1.29 is 23.9 Å². The number of rotatable bonds is 11. The Morgan fingerprint density at radius 3 is 1.60 bits per heavy atom. The van der Waals surface area contributed by atoms with Gasteiger partial charge in [0.25, 0.3) is 0 Å². The van der Waals surface area contributed by atoms with Gasteiger partial charge in [-0.3, -0.25) is 14.7 Å². The Bertz CT molecular complexity index is 1580. The summed E-state index contributed by atoms with van der Waals surface area (Å²) >= 11 is 0. The predicted molar refractivity (Wildman–Crippen MR) is 164 cm³/mol. The van der Waals surface area contributed by atoms with Crippen molar-refractivity contribution in [3.63, 3.8) is 0 Å². The molecule has 1 unspecified atom stereocenters. The fraction of sp³-hybridized carbons (Fsp3) is 0.114. The van der Waals surface area contributed by atoms with E-state index in [0.717, 1.165) is 22.3 Å². The fourth-order valence-corrected chi connectivity index (χ4v) is 6.38. The second-order valence-corrected chi connectivity index (χ2v) is 11.8. The second kappa shape index (κ2) is 13.1. The molecule has 0 amide bonds. The third-order valence-electron chi connectivity index (χ3n) is 7.21. The number of carbonyl (C=O) groups excluding carboxylic acids is 1. The zero-order valence-corrected chi connectivity index (χ0v) is 23.8. The van der Waals surface area contributed by atoms with Crippen molar-refractivity contribution in [2.75, 3.05) is 0 Å². The third kappa shape index (κ3) is 6.59. The van der Waals surface area contributed by atoms with E-state index in [2.05, 4.69) is 5.32 Å². The highest BCUT2D eigenvalue weighted by atomic mass is 31.2. The number of nitrogens with one attached hydrogen (secondary N) is 1. The molecule has 6 nitrogen and oxygen atoms in total. The molecule has 0 radical (unpaired) electrons. The number of benzene rings is 5. The lowest BCUT2D eigenvalue weighted by Crippen LogP contribution is -2.53. The minimum atomic E-state index is -4.99. The molecule has 0 aliphatic rings. The fourth-order valence-electron chi connectivity index (χ4n) is 5.09. The molecular weight excluding hydrogens is 545 g/mol. The molecule has 5 aromatic rings. The quantitative estimate of drug-likeness (QED) is 0.120. The topological polar surface area (TPSA) is 95.9 Å². The molecule has 212 valence electrons. The largest absolute Gasteiger partial charge is 0.460 e. The van der Waals surface area contributed by atoms with Gasteiger partial charge in [-0.05, 0) is 39.8 Å². The molecular formula is C35H32NO5P. The summed E-state index contributed by atoms with van der Waals surface area (Å²) in [6, 6.07) is 43.0. The van der Waals surface area contributed by atoms with E-state index in [1.807, 2.05) is 84.9 Å². The summed E-state index contributed by atoms with van der Waals surface area (Å²) in [6.45, 7) is 0.0321. The van der Waals surface area contributed by atoms with Gasteiger partial charge in [-0.2, -0.15) is 0 Å². The van der Waals surface area contributed by atoms with Crippen LogP contribution in [0.2, 0.25) is 0 Å². The molecule has 0 saturated carbocycles. The molecule has 0 bridgehead atoms. The average molecular weight is 578 g/mol. The molecule has 0 fully saturated rings. The molecule has 0 spiro atoms. The maximum absolute atomic E-state index is 13.7. The first-order valence-corrected chi connectivity index (χ1v) is 15.3. The number of hydrogen-bond donors (Lipinski definition) is 3. The Hall–Kier alpha value is -4.32. The van der Waals surface area contributed by atoms with Gasteiger partial charge in [-0.15, -0.1) is 0 Å². The zero-order chi connectivity index (χ0) is 29.4. The summed E-state index contributed by atoms with van der Waals surface area (Å²) in [4.78, 5) is 35.7. The molecule has 5 rings (SSSR count). The summed E-state index contributed by atoms with van der Waals surface area (Å²) in [5.41, 5.74) is 4.38. The number of ether oxygens (including phenoxy) is 1. The van der Waals surface area contributed by atoms with Crippen LogP contribution < -0.4 is 5.32 Å². The first-order chi connectivity index (χ1) is 20.4. The van der Waals surface area contributed by atoms with Gasteiger partial charge in [-0.1, -0.05) is 146 Å². The lowest BCUT2D eigenvalue weighted by molar-refractivity contribution is -0.147. The molecule has 42 heavy (non-hydrogen) atoms. The SMILES string of the molecule is O=C(OCc1ccccc1)C(Cc1ccc(-c2ccccc2)cc1)NC(c1ccccc1)(c1ccccc1)P(=O)(O)O. The summed E-state index contributed by atoms with van der Waals surface area (Å²) in [5.74, 6) is -0.615. The van der Waals surface area contributed by atoms with Crippen LogP contribution in [0.5, 0.6) is 0 Å². The Kier molecular flexibility index (Phi) is 9.11. The maximum atomic E-state index is 13.7. The van der Waals surface area contributed by atoms with Crippen LogP contribution in [0.1, 0.15) is 22.3 Å². The molecule has 5 aromatic carbocycles. The van der Waals surface area contributed by atoms with Crippen LogP contribution >= 0.6 is 7.60 Å². The Morgan fingerprint density at radius 1 is 0.643 bits per heavy atom. The van der Waals surface area contributed by atoms with Crippen LogP contribution in [0.4, 0.5) is 0 Å². The molecule has 0 aliphatic heterocycles. The van der Waals surface area contributed by atoms with Gasteiger partial charge in [-0.25, -0.2) is 0 Å². The Labute approximate surface area is 245 Å². The molecule has 0 saturated heterocycles. The third-order valence-corrected chi connectivity index (χ3v) is 8.73. The minimum absolute atomic E-state index is 0.0321. The van der Waals surface area contributed by atoms with Crippen LogP contribution in [0.15, 0.2) is 146 Å². The molecule has 1 atom stereocenters. The van der Waals surface area contributed by atoms with Gasteiger partial charge in [0.2, 0.25) is 0 Å². The van der Waals surface area contributed by atoms with E-state index in [0.29, 0.717) is 11.1 Å². The molecule has 7 heteroatoms. The highest BCUT2D eigenvalue weighted by Gasteiger charge is 2.52. The van der Waals surface area contributed by atoms with Gasteiger partial charge in [0.1, 0.15) is 12.6 Å². The monoisotopic (exact) mass is 577 g/mol. The van der Waals surface area contributed by atoms with E-state index >= 15 is 0 Å². The van der Waals surface area contributed by atoms with E-state index in [-0.39, 0.29) is 13.0 Å². The van der Waals surface area contributed by atoms with Gasteiger partial charge in [0, 0.05) is 0 Å². The maximum Gasteiger partial charge on any atom is 0.354 e. The lowest BCUT2D eigenvalue weighted by atomic mass is 9.95. The van der Waals surface area contributed by atoms with Gasteiger partial charge < -0.3 is 14.5 Å². The Morgan fingerprint density at radius 2 is 1.10 bits per heavy atom. The standard InChI is InChI=1S/C35H32NO5P/c37-34(41-26-28-13-5-1-6-14-28)33(25-27-21-23-30(24-22-27)29-15-7-2-8-16-29)36-35(42(38,39)40,31-17-9-3-10-18-31)32-19-11-4-12-20-32/h1-24,33,36H,25-26H2,(H2,38,39,40). The first kappa shape index (κ1) is 29.2. The van der Waals surface area contributed by atoms with Crippen LogP contribution in [0.25, 0.3) is 11.1 Å². The molecule has 3 N–H and O–H groups in total. The highest BCUT2D eigenvalue weighted by Crippen LogP contribution is 2.59. The van der Waals surface area contributed by atoms with Crippen molar-refractivity contribution >= 4 is 13.6 Å². The summed E-state index contributed by atoms with van der Waals surface area (Å²) in [7, 11) is -4.99. The van der Waals surface area contributed by atoms with Gasteiger partial charge >= 0.3 is 13.6 Å². The van der Waals surface area contributed by atoms with E-state index in [4.69, 9.17) is 4.74 Å². The summed E-state index contributed by atoms with van der Waals surface area (Å²) < 4.78 is 19.3. The summed E-state index contributed by atoms with van der Waals surface area (Å²) in [5, 5.41) is 1.13. The predicted octanol–water partition coefficient (Wildman–Crippen LogP) is 6.68. The van der Waals surface area contributed by atoms with Gasteiger partial charge in [0.15, 0.2) is 5.28 Å². The zero-order valence-electron chi connectivity index (χ0n) is 22.9. The van der Waals surface area contributed by atoms with Crippen molar-refractivity contribution in [2.45, 2.75) is 24.3 Å². The number of esters is 1. The summed E-state index contributed by atoms with van der Waals surface area (Å²) in [6.07, 6.45) is 0.143. The minimum Gasteiger partial charge on any atom is -0.460 e. The van der Waals surface area contributed by atoms with Crippen molar-refractivity contribution in [1.29, 1.82) is 0 Å². The second-order valence-electron chi connectivity index (χ2n) is 10.0. The van der Waals surface area contributed by atoms with Crippen LogP contribution in [-0.2, 0) is 32.4 Å². The lowest BCUT2D eigenvalue weighted by Gasteiger charge is -2.39.